The average Bonchev–Trinajstić information content (AvgIpc) is 3.25. The van der Waals surface area contributed by atoms with Crippen LogP contribution in [0.5, 0.6) is 0 Å². The Balaban J connectivity index is 1.38. The van der Waals surface area contributed by atoms with Gasteiger partial charge in [0.15, 0.2) is 5.69 Å². The molecule has 1 saturated heterocycles. The highest BCUT2D eigenvalue weighted by molar-refractivity contribution is 5.94. The van der Waals surface area contributed by atoms with Crippen LogP contribution in [-0.2, 0) is 4.74 Å². The number of aromatic nitrogens is 4. The molecule has 0 spiro atoms. The first kappa shape index (κ1) is 22.1. The lowest BCUT2D eigenvalue weighted by Gasteiger charge is -2.34. The largest absolute Gasteiger partial charge is 0.379 e. The molecule has 3 heterocycles. The van der Waals surface area contributed by atoms with Crippen LogP contribution in [0.1, 0.15) is 27.8 Å². The van der Waals surface area contributed by atoms with Crippen LogP contribution in [0.3, 0.4) is 0 Å². The second-order valence-corrected chi connectivity index (χ2v) is 8.21. The minimum Gasteiger partial charge on any atom is -0.379 e. The van der Waals surface area contributed by atoms with E-state index < -0.39 is 0 Å². The van der Waals surface area contributed by atoms with Crippen molar-refractivity contribution in [2.24, 2.45) is 0 Å². The SMILES string of the molecule is Cc1c(C(=O)NCC(c2cccc(F)c2)N2CCOCC2)nnn1-c1cccc2ncccc12. The maximum atomic E-state index is 13.9. The Morgan fingerprint density at radius 3 is 2.79 bits per heavy atom. The number of carbonyl (C=O) groups excluding carboxylic acids is 1. The lowest BCUT2D eigenvalue weighted by Crippen LogP contribution is -2.44. The minimum absolute atomic E-state index is 0.178. The molecule has 1 unspecified atom stereocenters. The second kappa shape index (κ2) is 9.66. The Labute approximate surface area is 196 Å². The quantitative estimate of drug-likeness (QED) is 0.476. The third-order valence-electron chi connectivity index (χ3n) is 6.14. The average molecular weight is 461 g/mol. The first-order valence-electron chi connectivity index (χ1n) is 11.2. The zero-order valence-corrected chi connectivity index (χ0v) is 18.8. The van der Waals surface area contributed by atoms with Gasteiger partial charge in [-0.1, -0.05) is 23.4 Å². The second-order valence-electron chi connectivity index (χ2n) is 8.21. The Morgan fingerprint density at radius 1 is 1.15 bits per heavy atom. The number of benzene rings is 2. The standard InChI is InChI=1S/C25H25FN6O2/c1-17-24(29-30-32(17)22-9-3-8-21-20(22)7-4-10-27-21)25(33)28-16-23(31-11-13-34-14-12-31)18-5-2-6-19(26)15-18/h2-10,15,23H,11-14,16H2,1H3,(H,28,33). The molecular formula is C25H25FN6O2. The van der Waals surface area contributed by atoms with E-state index in [1.54, 1.807) is 16.9 Å². The number of amides is 1. The number of morpholine rings is 1. The maximum absolute atomic E-state index is 13.9. The van der Waals surface area contributed by atoms with E-state index in [9.17, 15) is 9.18 Å². The summed E-state index contributed by atoms with van der Waals surface area (Å²) < 4.78 is 21.1. The van der Waals surface area contributed by atoms with E-state index >= 15 is 0 Å². The minimum atomic E-state index is -0.322. The van der Waals surface area contributed by atoms with Crippen LogP contribution in [-0.4, -0.2) is 63.6 Å². The molecule has 2 aromatic carbocycles. The lowest BCUT2D eigenvalue weighted by molar-refractivity contribution is 0.0161. The summed E-state index contributed by atoms with van der Waals surface area (Å²) in [5.41, 5.74) is 3.33. The van der Waals surface area contributed by atoms with Crippen LogP contribution in [0, 0.1) is 12.7 Å². The number of nitrogens with one attached hydrogen (secondary N) is 1. The fourth-order valence-electron chi connectivity index (χ4n) is 4.37. The highest BCUT2D eigenvalue weighted by atomic mass is 19.1. The van der Waals surface area contributed by atoms with Crippen LogP contribution in [0.4, 0.5) is 4.39 Å². The molecule has 4 aromatic rings. The molecule has 0 radical (unpaired) electrons. The molecule has 5 rings (SSSR count). The van der Waals surface area contributed by atoms with Gasteiger partial charge in [0, 0.05) is 31.2 Å². The van der Waals surface area contributed by atoms with Gasteiger partial charge in [-0.05, 0) is 48.9 Å². The molecule has 174 valence electrons. The Morgan fingerprint density at radius 2 is 1.97 bits per heavy atom. The number of fused-ring (bicyclic) bond motifs is 1. The van der Waals surface area contributed by atoms with Gasteiger partial charge in [0.05, 0.1) is 36.2 Å². The van der Waals surface area contributed by atoms with Gasteiger partial charge in [-0.3, -0.25) is 14.7 Å². The van der Waals surface area contributed by atoms with Crippen molar-refractivity contribution in [3.8, 4) is 5.69 Å². The molecule has 1 N–H and O–H groups in total. The van der Waals surface area contributed by atoms with Crippen molar-refractivity contribution in [1.29, 1.82) is 0 Å². The van der Waals surface area contributed by atoms with Crippen LogP contribution in [0.25, 0.3) is 16.6 Å². The molecule has 0 aliphatic carbocycles. The van der Waals surface area contributed by atoms with E-state index in [4.69, 9.17) is 4.74 Å². The smallest absolute Gasteiger partial charge is 0.273 e. The first-order valence-corrected chi connectivity index (χ1v) is 11.2. The summed E-state index contributed by atoms with van der Waals surface area (Å²) >= 11 is 0. The Bertz CT molecular complexity index is 1310. The van der Waals surface area contributed by atoms with E-state index in [1.165, 1.54) is 12.1 Å². The molecule has 2 aromatic heterocycles. The maximum Gasteiger partial charge on any atom is 0.273 e. The molecule has 1 atom stereocenters. The lowest BCUT2D eigenvalue weighted by atomic mass is 10.0. The zero-order chi connectivity index (χ0) is 23.5. The van der Waals surface area contributed by atoms with Crippen molar-refractivity contribution in [3.05, 3.63) is 83.6 Å². The molecule has 34 heavy (non-hydrogen) atoms. The third kappa shape index (κ3) is 4.40. The van der Waals surface area contributed by atoms with Crippen LogP contribution >= 0.6 is 0 Å². The number of rotatable bonds is 6. The fourth-order valence-corrected chi connectivity index (χ4v) is 4.37. The van der Waals surface area contributed by atoms with Gasteiger partial charge in [0.25, 0.3) is 5.91 Å². The number of halogens is 1. The van der Waals surface area contributed by atoms with Crippen molar-refractivity contribution in [2.75, 3.05) is 32.8 Å². The van der Waals surface area contributed by atoms with Crippen molar-refractivity contribution >= 4 is 16.8 Å². The van der Waals surface area contributed by atoms with E-state index in [0.717, 1.165) is 22.2 Å². The van der Waals surface area contributed by atoms with Crippen LogP contribution in [0.2, 0.25) is 0 Å². The molecular weight excluding hydrogens is 435 g/mol. The number of nitrogens with zero attached hydrogens (tertiary/aromatic N) is 5. The van der Waals surface area contributed by atoms with Gasteiger partial charge >= 0.3 is 0 Å². The Kier molecular flexibility index (Phi) is 6.29. The van der Waals surface area contributed by atoms with Gasteiger partial charge < -0.3 is 10.1 Å². The van der Waals surface area contributed by atoms with Gasteiger partial charge in [-0.25, -0.2) is 9.07 Å². The van der Waals surface area contributed by atoms with Crippen molar-refractivity contribution < 1.29 is 13.9 Å². The molecule has 0 bridgehead atoms. The van der Waals surface area contributed by atoms with Crippen molar-refractivity contribution in [1.82, 2.24) is 30.2 Å². The number of ether oxygens (including phenoxy) is 1. The monoisotopic (exact) mass is 460 g/mol. The van der Waals surface area contributed by atoms with Crippen molar-refractivity contribution in [2.45, 2.75) is 13.0 Å². The van der Waals surface area contributed by atoms with Gasteiger partial charge in [0.2, 0.25) is 0 Å². The highest BCUT2D eigenvalue weighted by Crippen LogP contribution is 2.24. The third-order valence-corrected chi connectivity index (χ3v) is 6.14. The zero-order valence-electron chi connectivity index (χ0n) is 18.8. The summed E-state index contributed by atoms with van der Waals surface area (Å²) in [6.45, 7) is 4.76. The van der Waals surface area contributed by atoms with Crippen molar-refractivity contribution in [3.63, 3.8) is 0 Å². The summed E-state index contributed by atoms with van der Waals surface area (Å²) in [6, 6.07) is 15.9. The summed E-state index contributed by atoms with van der Waals surface area (Å²) in [7, 11) is 0. The predicted octanol–water partition coefficient (Wildman–Crippen LogP) is 3.07. The Hall–Kier alpha value is -3.69. The molecule has 9 heteroatoms. The first-order chi connectivity index (χ1) is 16.6. The molecule has 0 saturated carbocycles. The van der Waals surface area contributed by atoms with E-state index in [-0.39, 0.29) is 23.5 Å². The predicted molar refractivity (Wildman–Crippen MR) is 125 cm³/mol. The number of hydrogen-bond donors (Lipinski definition) is 1. The van der Waals surface area contributed by atoms with Gasteiger partial charge in [-0.15, -0.1) is 5.10 Å². The summed E-state index contributed by atoms with van der Waals surface area (Å²) in [4.78, 5) is 19.7. The fraction of sp³-hybridized carbons (Fsp3) is 0.280. The summed E-state index contributed by atoms with van der Waals surface area (Å²) in [5, 5.41) is 12.3. The molecule has 1 aliphatic heterocycles. The molecule has 1 aliphatic rings. The topological polar surface area (TPSA) is 85.2 Å². The number of hydrogen-bond acceptors (Lipinski definition) is 6. The van der Waals surface area contributed by atoms with Crippen LogP contribution < -0.4 is 5.32 Å². The highest BCUT2D eigenvalue weighted by Gasteiger charge is 2.25. The van der Waals surface area contributed by atoms with Gasteiger partial charge in [-0.2, -0.15) is 0 Å². The van der Waals surface area contributed by atoms with E-state index in [0.29, 0.717) is 38.5 Å². The molecule has 1 fully saturated rings. The normalized spacial score (nSPS) is 15.4. The number of pyridine rings is 1. The summed E-state index contributed by atoms with van der Waals surface area (Å²) in [5.74, 6) is -0.623. The van der Waals surface area contributed by atoms with Gasteiger partial charge in [0.1, 0.15) is 5.82 Å². The summed E-state index contributed by atoms with van der Waals surface area (Å²) in [6.07, 6.45) is 1.74. The number of carbonyl (C=O) groups is 1. The molecule has 8 nitrogen and oxygen atoms in total. The van der Waals surface area contributed by atoms with E-state index in [1.807, 2.05) is 43.3 Å². The molecule has 1 amide bonds. The van der Waals surface area contributed by atoms with E-state index in [2.05, 4.69) is 25.5 Å². The van der Waals surface area contributed by atoms with Crippen LogP contribution in [0.15, 0.2) is 60.8 Å².